The Hall–Kier alpha value is -9.65. The molecule has 18 N–H and O–H groups in total. The quantitative estimate of drug-likeness (QED) is 0.0115. The number of benzene rings is 2. The van der Waals surface area contributed by atoms with Crippen LogP contribution in [0.1, 0.15) is 103 Å². The van der Waals surface area contributed by atoms with E-state index in [-0.39, 0.29) is 94.3 Å². The number of aromatic hydroxyl groups is 1. The zero-order valence-electron chi connectivity index (χ0n) is 51.8. The molecule has 0 bridgehead atoms. The highest BCUT2D eigenvalue weighted by atomic mass is 16.5. The topological polar surface area (TPSA) is 467 Å². The van der Waals surface area contributed by atoms with Gasteiger partial charge in [0.05, 0.1) is 36.7 Å². The number of carbonyl (C=O) groups excluding carboxylic acids is 11. The minimum atomic E-state index is -1.80. The monoisotopic (exact) mass is 1270 g/mol. The first kappa shape index (κ1) is 70.4. The van der Waals surface area contributed by atoms with Gasteiger partial charge in [0.1, 0.15) is 60.1 Å². The van der Waals surface area contributed by atoms with E-state index in [1.807, 2.05) is 5.43 Å². The van der Waals surface area contributed by atoms with Crippen LogP contribution in [0.2, 0.25) is 0 Å². The van der Waals surface area contributed by atoms with E-state index >= 15 is 0 Å². The van der Waals surface area contributed by atoms with Gasteiger partial charge in [-0.3, -0.25) is 58.8 Å². The highest BCUT2D eigenvalue weighted by molar-refractivity contribution is 5.99. The van der Waals surface area contributed by atoms with Crippen LogP contribution in [0, 0.1) is 11.3 Å². The van der Waals surface area contributed by atoms with E-state index in [2.05, 4.69) is 68.2 Å². The lowest BCUT2D eigenvalue weighted by molar-refractivity contribution is -0.142. The number of aliphatic hydroxyl groups excluding tert-OH is 1. The van der Waals surface area contributed by atoms with Crippen LogP contribution in [0.3, 0.4) is 0 Å². The number of H-pyrrole nitrogens is 2. The summed E-state index contributed by atoms with van der Waals surface area (Å²) in [5, 5.41) is 53.5. The Morgan fingerprint density at radius 1 is 0.747 bits per heavy atom. The van der Waals surface area contributed by atoms with Gasteiger partial charge in [-0.2, -0.15) is 0 Å². The summed E-state index contributed by atoms with van der Waals surface area (Å²) >= 11 is 0. The van der Waals surface area contributed by atoms with Crippen molar-refractivity contribution >= 4 is 81.8 Å². The van der Waals surface area contributed by atoms with Crippen LogP contribution < -0.4 is 64.4 Å². The van der Waals surface area contributed by atoms with Gasteiger partial charge in [-0.1, -0.05) is 44.2 Å². The number of nitrogens with one attached hydrogen (secondary N) is 14. The molecule has 91 heavy (non-hydrogen) atoms. The van der Waals surface area contributed by atoms with Gasteiger partial charge in [-0.15, -0.1) is 0 Å². The second-order valence-electron chi connectivity index (χ2n) is 23.9. The number of aliphatic hydroxyl groups is 1. The van der Waals surface area contributed by atoms with Crippen molar-refractivity contribution in [2.75, 3.05) is 26.3 Å². The van der Waals surface area contributed by atoms with E-state index in [1.54, 1.807) is 65.1 Å². The number of hydrogen-bond donors (Lipinski definition) is 17. The van der Waals surface area contributed by atoms with E-state index in [4.69, 9.17) is 15.9 Å². The summed E-state index contributed by atoms with van der Waals surface area (Å²) in [6.45, 7) is 9.07. The second kappa shape index (κ2) is 33.3. The summed E-state index contributed by atoms with van der Waals surface area (Å²) in [4.78, 5) is 163. The first-order valence-corrected chi connectivity index (χ1v) is 30.1. The van der Waals surface area contributed by atoms with Gasteiger partial charge >= 0.3 is 6.03 Å². The van der Waals surface area contributed by atoms with E-state index in [0.29, 0.717) is 34.1 Å². The van der Waals surface area contributed by atoms with Crippen molar-refractivity contribution in [1.29, 1.82) is 5.41 Å². The molecule has 2 aromatic heterocycles. The number of hydrogen-bond acceptors (Lipinski definition) is 16. The van der Waals surface area contributed by atoms with Crippen LogP contribution in [-0.4, -0.2) is 187 Å². The molecule has 2 aliphatic heterocycles. The van der Waals surface area contributed by atoms with Gasteiger partial charge in [0.15, 0.2) is 0 Å². The standard InChI is InChI=1S/C60H85N17O14/c1-32(2)23-42(51(82)68-41(13-9-21-64-33(3)61)58(89)77-22-10-14-48(77)57(88)75-76-59(62)90)69-56(87)47(30-91-60(4,5)6)74-52(83)43(24-34-15-17-37(79)18-16-34)70-55(86)46(29-78)73-53(84)44(25-35-27-65-39-12-8-7-11-38(35)39)71-54(85)45(26-36-28-63-31-66-36)72-50(81)40-19-20-49(80)67-40/h7-8,11-12,15-18,27-28,31-32,40-48,65,78-79H,9-10,13-14,19-26,29-30H2,1-6H3,(H2,61,64)(H,63,66)(H,67,80)(H,68,82)(H,69,87)(H,70,86)(H,71,85)(H,72,81)(H,73,84)(H,74,83)(H,75,88)(H3,62,76,90). The summed E-state index contributed by atoms with van der Waals surface area (Å²) < 4.78 is 6.03. The molecular weight excluding hydrogens is 1180 g/mol. The molecule has 4 heterocycles. The van der Waals surface area contributed by atoms with Crippen molar-refractivity contribution in [3.05, 3.63) is 84.1 Å². The third-order valence-corrected chi connectivity index (χ3v) is 14.9. The second-order valence-corrected chi connectivity index (χ2v) is 23.9. The Balaban J connectivity index is 1.24. The average molecular weight is 1270 g/mol. The maximum Gasteiger partial charge on any atom is 0.330 e. The van der Waals surface area contributed by atoms with E-state index in [1.165, 1.54) is 48.6 Å². The van der Waals surface area contributed by atoms with Crippen molar-refractivity contribution in [2.24, 2.45) is 11.7 Å². The molecule has 6 rings (SSSR count). The largest absolute Gasteiger partial charge is 0.508 e. The summed E-state index contributed by atoms with van der Waals surface area (Å²) in [6.07, 6.45) is 5.17. The SMILES string of the molecule is CC(=N)NCCCC(NC(=O)C(CC(C)C)NC(=O)C(COC(C)(C)C)NC(=O)C(Cc1ccc(O)cc1)NC(=O)C(CO)NC(=O)C(Cc1c[nH]c2ccccc12)NC(=O)C(Cc1c[nH]cn1)NC(=O)C1CCC(=O)N1)C(=O)N1CCCC1C(=O)NNC(N)=O. The smallest absolute Gasteiger partial charge is 0.330 e. The number of aromatic nitrogens is 3. The number of imidazole rings is 1. The molecule has 2 aliphatic rings. The number of para-hydroxylation sites is 1. The average Bonchev–Trinajstić information content (AvgIpc) is 1.93. The summed E-state index contributed by atoms with van der Waals surface area (Å²) in [5.41, 5.74) is 10.5. The fourth-order valence-corrected chi connectivity index (χ4v) is 10.3. The van der Waals surface area contributed by atoms with Gasteiger partial charge in [0.25, 0.3) is 5.91 Å². The van der Waals surface area contributed by atoms with Crippen LogP contribution in [0.15, 0.2) is 67.3 Å². The molecule has 12 amide bonds. The number of amides is 12. The maximum absolute atomic E-state index is 14.8. The van der Waals surface area contributed by atoms with Crippen molar-refractivity contribution in [2.45, 2.75) is 166 Å². The molecule has 9 unspecified atom stereocenters. The number of carbonyl (C=O) groups is 11. The number of rotatable bonds is 31. The summed E-state index contributed by atoms with van der Waals surface area (Å²) in [6, 6.07) is -0.597. The van der Waals surface area contributed by atoms with Crippen molar-refractivity contribution in [1.82, 2.24) is 78.6 Å². The number of fused-ring (bicyclic) bond motifs is 1. The van der Waals surface area contributed by atoms with Crippen LogP contribution >= 0.6 is 0 Å². The third kappa shape index (κ3) is 21.8. The maximum atomic E-state index is 14.8. The normalized spacial score (nSPS) is 17.0. The van der Waals surface area contributed by atoms with Gasteiger partial charge < -0.3 is 83.4 Å². The molecule has 31 heteroatoms. The number of urea groups is 1. The molecule has 0 aliphatic carbocycles. The number of phenols is 1. The number of aromatic amines is 2. The first-order valence-electron chi connectivity index (χ1n) is 30.1. The number of hydrazine groups is 1. The molecule has 4 aromatic rings. The highest BCUT2D eigenvalue weighted by Gasteiger charge is 2.40. The molecule has 0 spiro atoms. The van der Waals surface area contributed by atoms with Gasteiger partial charge in [0.2, 0.25) is 53.2 Å². The Morgan fingerprint density at radius 2 is 1.35 bits per heavy atom. The molecule has 9 atom stereocenters. The predicted molar refractivity (Wildman–Crippen MR) is 329 cm³/mol. The van der Waals surface area contributed by atoms with Gasteiger partial charge in [-0.25, -0.2) is 15.2 Å². The van der Waals surface area contributed by atoms with E-state index in [0.717, 1.165) is 0 Å². The molecule has 2 aromatic carbocycles. The predicted octanol–water partition coefficient (Wildman–Crippen LogP) is -1.79. The first-order chi connectivity index (χ1) is 43.2. The fourth-order valence-electron chi connectivity index (χ4n) is 10.3. The number of ether oxygens (including phenoxy) is 1. The third-order valence-electron chi connectivity index (χ3n) is 14.9. The number of primary amides is 1. The summed E-state index contributed by atoms with van der Waals surface area (Å²) in [7, 11) is 0. The Labute approximate surface area is 525 Å². The lowest BCUT2D eigenvalue weighted by Gasteiger charge is -2.31. The molecule has 494 valence electrons. The number of nitrogens with zero attached hydrogens (tertiary/aromatic N) is 2. The zero-order chi connectivity index (χ0) is 66.5. The minimum absolute atomic E-state index is 0.0189. The lowest BCUT2D eigenvalue weighted by Crippen LogP contribution is -2.62. The van der Waals surface area contributed by atoms with Crippen molar-refractivity contribution in [3.63, 3.8) is 0 Å². The van der Waals surface area contributed by atoms with Crippen LogP contribution in [0.4, 0.5) is 4.79 Å². The van der Waals surface area contributed by atoms with E-state index < -0.39 is 132 Å². The van der Waals surface area contributed by atoms with Gasteiger partial charge in [0, 0.05) is 62.1 Å². The van der Waals surface area contributed by atoms with Crippen LogP contribution in [0.5, 0.6) is 5.75 Å². The lowest BCUT2D eigenvalue weighted by atomic mass is 10.0. The molecular formula is C60H85N17O14. The molecule has 31 nitrogen and oxygen atoms in total. The number of likely N-dealkylation sites (tertiary alicyclic amines) is 1. The Kier molecular flexibility index (Phi) is 25.7. The number of phenolic OH excluding ortho intramolecular Hbond substituents is 1. The zero-order valence-corrected chi connectivity index (χ0v) is 51.8. The Bertz CT molecular complexity index is 3220. The molecule has 2 fully saturated rings. The molecule has 0 saturated carbocycles. The fraction of sp³-hybridized carbons (Fsp3) is 0.517. The molecule has 2 saturated heterocycles. The Morgan fingerprint density at radius 3 is 1.97 bits per heavy atom. The number of amidine groups is 1. The van der Waals surface area contributed by atoms with Crippen LogP contribution in [-0.2, 0) is 71.9 Å². The highest BCUT2D eigenvalue weighted by Crippen LogP contribution is 2.22. The van der Waals surface area contributed by atoms with E-state index in [9.17, 15) is 63.0 Å². The van der Waals surface area contributed by atoms with Crippen LogP contribution in [0.25, 0.3) is 10.9 Å². The minimum Gasteiger partial charge on any atom is -0.508 e. The number of nitrogens with two attached hydrogens (primary N) is 1. The van der Waals surface area contributed by atoms with Crippen molar-refractivity contribution < 1.29 is 67.7 Å². The summed E-state index contributed by atoms with van der Waals surface area (Å²) in [5.74, 6) is -8.11. The van der Waals surface area contributed by atoms with Gasteiger partial charge in [-0.05, 0) is 101 Å². The van der Waals surface area contributed by atoms with Crippen molar-refractivity contribution in [3.8, 4) is 5.75 Å². The molecule has 0 radical (unpaired) electrons.